The summed E-state index contributed by atoms with van der Waals surface area (Å²) in [6, 6.07) is 5.36. The van der Waals surface area contributed by atoms with Crippen molar-refractivity contribution in [2.45, 2.75) is 18.9 Å². The van der Waals surface area contributed by atoms with E-state index in [0.717, 1.165) is 24.9 Å². The van der Waals surface area contributed by atoms with Gasteiger partial charge in [-0.05, 0) is 31.0 Å². The highest BCUT2D eigenvalue weighted by atomic mass is 16.6. The van der Waals surface area contributed by atoms with Gasteiger partial charge in [0.1, 0.15) is 0 Å². The topological polar surface area (TPSA) is 64.4 Å². The second-order valence-corrected chi connectivity index (χ2v) is 3.84. The van der Waals surface area contributed by atoms with Gasteiger partial charge in [0.15, 0.2) is 5.75 Å². The van der Waals surface area contributed by atoms with E-state index in [1.165, 1.54) is 13.2 Å². The lowest BCUT2D eigenvalue weighted by molar-refractivity contribution is -0.385. The van der Waals surface area contributed by atoms with Gasteiger partial charge in [-0.25, -0.2) is 0 Å². The lowest BCUT2D eigenvalue weighted by Crippen LogP contribution is -2.12. The van der Waals surface area contributed by atoms with Crippen LogP contribution >= 0.6 is 0 Å². The van der Waals surface area contributed by atoms with Crippen molar-refractivity contribution < 1.29 is 9.66 Å². The molecule has 1 saturated heterocycles. The zero-order valence-corrected chi connectivity index (χ0v) is 9.10. The van der Waals surface area contributed by atoms with Crippen LogP contribution in [0.25, 0.3) is 0 Å². The molecule has 1 aromatic rings. The van der Waals surface area contributed by atoms with Gasteiger partial charge in [0, 0.05) is 12.1 Å². The Balaban J connectivity index is 2.32. The summed E-state index contributed by atoms with van der Waals surface area (Å²) >= 11 is 0. The maximum Gasteiger partial charge on any atom is 0.310 e. The first-order chi connectivity index (χ1) is 7.72. The number of rotatable bonds is 3. The Labute approximate surface area is 93.6 Å². The summed E-state index contributed by atoms with van der Waals surface area (Å²) in [6.45, 7) is 1.00. The van der Waals surface area contributed by atoms with E-state index in [1.807, 2.05) is 0 Å². The molecule has 0 amide bonds. The van der Waals surface area contributed by atoms with Gasteiger partial charge in [-0.2, -0.15) is 0 Å². The highest BCUT2D eigenvalue weighted by Gasteiger charge is 2.20. The summed E-state index contributed by atoms with van der Waals surface area (Å²) in [5, 5.41) is 14.1. The summed E-state index contributed by atoms with van der Waals surface area (Å²) in [7, 11) is 1.45. The number of methoxy groups -OCH3 is 1. The molecule has 0 unspecified atom stereocenters. The molecular weight excluding hydrogens is 208 g/mol. The quantitative estimate of drug-likeness (QED) is 0.627. The van der Waals surface area contributed by atoms with Crippen molar-refractivity contribution >= 4 is 5.69 Å². The molecule has 1 fully saturated rings. The molecule has 0 saturated carbocycles. The van der Waals surface area contributed by atoms with Crippen molar-refractivity contribution in [3.8, 4) is 5.75 Å². The van der Waals surface area contributed by atoms with Crippen LogP contribution in [0.1, 0.15) is 24.4 Å². The molecule has 0 bridgehead atoms. The SMILES string of the molecule is COc1cc([C@H]2CCCN2)ccc1[N+](=O)[O-]. The lowest BCUT2D eigenvalue weighted by Gasteiger charge is -2.11. The Morgan fingerprint density at radius 1 is 1.56 bits per heavy atom. The van der Waals surface area contributed by atoms with Gasteiger partial charge in [-0.1, -0.05) is 6.07 Å². The molecule has 5 heteroatoms. The van der Waals surface area contributed by atoms with Crippen LogP contribution in [0, 0.1) is 10.1 Å². The molecule has 86 valence electrons. The number of nitro groups is 1. The molecule has 0 aromatic heterocycles. The maximum absolute atomic E-state index is 10.7. The predicted octanol–water partition coefficient (Wildman–Crippen LogP) is 2.03. The van der Waals surface area contributed by atoms with Crippen LogP contribution < -0.4 is 10.1 Å². The molecule has 0 spiro atoms. The first kappa shape index (κ1) is 10.9. The van der Waals surface area contributed by atoms with Gasteiger partial charge in [0.05, 0.1) is 12.0 Å². The molecule has 1 aliphatic rings. The van der Waals surface area contributed by atoms with E-state index in [1.54, 1.807) is 12.1 Å². The highest BCUT2D eigenvalue weighted by Crippen LogP contribution is 2.32. The number of hydrogen-bond acceptors (Lipinski definition) is 4. The van der Waals surface area contributed by atoms with Crippen LogP contribution in [-0.4, -0.2) is 18.6 Å². The van der Waals surface area contributed by atoms with Crippen LogP contribution in [0.5, 0.6) is 5.75 Å². The van der Waals surface area contributed by atoms with E-state index in [0.29, 0.717) is 11.8 Å². The van der Waals surface area contributed by atoms with Gasteiger partial charge in [-0.3, -0.25) is 10.1 Å². The van der Waals surface area contributed by atoms with Crippen LogP contribution in [0.2, 0.25) is 0 Å². The number of nitrogens with zero attached hydrogens (tertiary/aromatic N) is 1. The zero-order chi connectivity index (χ0) is 11.5. The Hall–Kier alpha value is -1.62. The number of nitrogens with one attached hydrogen (secondary N) is 1. The fourth-order valence-corrected chi connectivity index (χ4v) is 2.03. The summed E-state index contributed by atoms with van der Waals surface area (Å²) < 4.78 is 5.04. The Kier molecular flexibility index (Phi) is 3.05. The van der Waals surface area contributed by atoms with Gasteiger partial charge < -0.3 is 10.1 Å². The Morgan fingerprint density at radius 2 is 2.38 bits per heavy atom. The molecule has 1 heterocycles. The molecule has 2 rings (SSSR count). The molecule has 0 radical (unpaired) electrons. The molecule has 1 atom stereocenters. The van der Waals surface area contributed by atoms with Crippen LogP contribution in [0.4, 0.5) is 5.69 Å². The standard InChI is InChI=1S/C11H14N2O3/c1-16-11-7-8(9-3-2-6-12-9)4-5-10(11)13(14)15/h4-5,7,9,12H,2-3,6H2,1H3/t9-/m1/s1. The maximum atomic E-state index is 10.7. The van der Waals surface area contributed by atoms with Crippen molar-refractivity contribution in [3.63, 3.8) is 0 Å². The van der Waals surface area contributed by atoms with E-state index in [4.69, 9.17) is 4.74 Å². The molecular formula is C11H14N2O3. The molecule has 1 aromatic carbocycles. The van der Waals surface area contributed by atoms with E-state index in [-0.39, 0.29) is 5.69 Å². The first-order valence-corrected chi connectivity index (χ1v) is 5.28. The number of benzene rings is 1. The first-order valence-electron chi connectivity index (χ1n) is 5.28. The fourth-order valence-electron chi connectivity index (χ4n) is 2.03. The normalized spacial score (nSPS) is 19.7. The van der Waals surface area contributed by atoms with Crippen molar-refractivity contribution in [2.24, 2.45) is 0 Å². The van der Waals surface area contributed by atoms with Crippen molar-refractivity contribution in [2.75, 3.05) is 13.7 Å². The third-order valence-corrected chi connectivity index (χ3v) is 2.86. The van der Waals surface area contributed by atoms with Crippen molar-refractivity contribution in [1.82, 2.24) is 5.32 Å². The molecule has 1 aliphatic heterocycles. The predicted molar refractivity (Wildman–Crippen MR) is 59.6 cm³/mol. The summed E-state index contributed by atoms with van der Waals surface area (Å²) in [5.41, 5.74) is 1.07. The molecule has 0 aliphatic carbocycles. The van der Waals surface area contributed by atoms with Crippen molar-refractivity contribution in [3.05, 3.63) is 33.9 Å². The second kappa shape index (κ2) is 4.49. The number of nitro benzene ring substituents is 1. The minimum Gasteiger partial charge on any atom is -0.490 e. The van der Waals surface area contributed by atoms with E-state index in [2.05, 4.69) is 5.32 Å². The highest BCUT2D eigenvalue weighted by molar-refractivity contribution is 5.49. The number of hydrogen-bond donors (Lipinski definition) is 1. The van der Waals surface area contributed by atoms with Crippen LogP contribution in [0.3, 0.4) is 0 Å². The van der Waals surface area contributed by atoms with Gasteiger partial charge in [-0.15, -0.1) is 0 Å². The van der Waals surface area contributed by atoms with Gasteiger partial charge in [0.2, 0.25) is 0 Å². The zero-order valence-electron chi connectivity index (χ0n) is 9.10. The minimum atomic E-state index is -0.426. The smallest absolute Gasteiger partial charge is 0.310 e. The van der Waals surface area contributed by atoms with E-state index in [9.17, 15) is 10.1 Å². The Morgan fingerprint density at radius 3 is 2.94 bits per heavy atom. The summed E-state index contributed by atoms with van der Waals surface area (Å²) in [4.78, 5) is 10.3. The van der Waals surface area contributed by atoms with Crippen LogP contribution in [-0.2, 0) is 0 Å². The fraction of sp³-hybridized carbons (Fsp3) is 0.455. The monoisotopic (exact) mass is 222 g/mol. The molecule has 5 nitrogen and oxygen atoms in total. The minimum absolute atomic E-state index is 0.0178. The third kappa shape index (κ3) is 1.99. The average molecular weight is 222 g/mol. The molecule has 16 heavy (non-hydrogen) atoms. The average Bonchev–Trinajstić information content (AvgIpc) is 2.81. The number of ether oxygens (including phenoxy) is 1. The van der Waals surface area contributed by atoms with Gasteiger partial charge in [0.25, 0.3) is 0 Å². The van der Waals surface area contributed by atoms with E-state index >= 15 is 0 Å². The van der Waals surface area contributed by atoms with Crippen molar-refractivity contribution in [1.29, 1.82) is 0 Å². The summed E-state index contributed by atoms with van der Waals surface area (Å²) in [5.74, 6) is 0.330. The lowest BCUT2D eigenvalue weighted by atomic mass is 10.0. The van der Waals surface area contributed by atoms with Crippen LogP contribution in [0.15, 0.2) is 18.2 Å². The second-order valence-electron chi connectivity index (χ2n) is 3.84. The largest absolute Gasteiger partial charge is 0.490 e. The summed E-state index contributed by atoms with van der Waals surface area (Å²) in [6.07, 6.45) is 2.21. The third-order valence-electron chi connectivity index (χ3n) is 2.86. The molecule has 1 N–H and O–H groups in total. The Bertz CT molecular complexity index is 400. The van der Waals surface area contributed by atoms with Gasteiger partial charge >= 0.3 is 5.69 Å². The van der Waals surface area contributed by atoms with E-state index < -0.39 is 4.92 Å².